The first-order valence-corrected chi connectivity index (χ1v) is 17.2. The monoisotopic (exact) mass is 653 g/mol. The summed E-state index contributed by atoms with van der Waals surface area (Å²) in [6.07, 6.45) is -1.68. The largest absolute Gasteiger partial charge is 0.369 e. The van der Waals surface area contributed by atoms with Crippen molar-refractivity contribution in [1.29, 1.82) is 0 Å². The Bertz CT molecular complexity index is 1720. The molecule has 0 N–H and O–H groups in total. The number of ether oxygens (including phenoxy) is 4. The molecule has 2 saturated heterocycles. The van der Waals surface area contributed by atoms with Gasteiger partial charge in [-0.05, 0) is 27.8 Å². The van der Waals surface area contributed by atoms with E-state index in [1.165, 1.54) is 0 Å². The molecule has 5 aromatic rings. The van der Waals surface area contributed by atoms with Gasteiger partial charge in [-0.15, -0.1) is 0 Å². The van der Waals surface area contributed by atoms with E-state index in [2.05, 4.69) is 60.7 Å². The summed E-state index contributed by atoms with van der Waals surface area (Å²) in [4.78, 5) is 16.1. The molecule has 0 aromatic heterocycles. The fraction of sp³-hybridized carbons (Fsp3) is 0.279. The second kappa shape index (κ2) is 16.2. The predicted molar refractivity (Wildman–Crippen MR) is 189 cm³/mol. The lowest BCUT2D eigenvalue weighted by Crippen LogP contribution is -2.52. The molecule has 0 unspecified atom stereocenters. The molecule has 6 heteroatoms. The molecule has 6 nitrogen and oxygen atoms in total. The molecule has 0 radical (unpaired) electrons. The Morgan fingerprint density at radius 1 is 0.469 bits per heavy atom. The maximum atomic E-state index is 14.1. The Hall–Kier alpha value is -4.59. The zero-order valence-electron chi connectivity index (χ0n) is 27.6. The molecular weight excluding hydrogens is 610 g/mol. The van der Waals surface area contributed by atoms with Gasteiger partial charge in [-0.1, -0.05) is 152 Å². The molecule has 2 aliphatic rings. The fourth-order valence-electron chi connectivity index (χ4n) is 7.16. The van der Waals surface area contributed by atoms with Crippen molar-refractivity contribution >= 4 is 5.91 Å². The summed E-state index contributed by atoms with van der Waals surface area (Å²) in [6, 6.07) is 50.7. The van der Waals surface area contributed by atoms with Crippen LogP contribution >= 0.6 is 0 Å². The van der Waals surface area contributed by atoms with Crippen molar-refractivity contribution in [2.45, 2.75) is 69.2 Å². The number of carbonyl (C=O) groups is 1. The number of amides is 1. The molecule has 49 heavy (non-hydrogen) atoms. The van der Waals surface area contributed by atoms with Crippen LogP contribution in [0.15, 0.2) is 152 Å². The lowest BCUT2D eigenvalue weighted by molar-refractivity contribution is -0.184. The zero-order chi connectivity index (χ0) is 33.3. The third-order valence-corrected chi connectivity index (χ3v) is 9.60. The summed E-state index contributed by atoms with van der Waals surface area (Å²) >= 11 is 0. The van der Waals surface area contributed by atoms with E-state index in [4.69, 9.17) is 18.9 Å². The van der Waals surface area contributed by atoms with Gasteiger partial charge in [-0.25, -0.2) is 0 Å². The first kappa shape index (κ1) is 32.9. The van der Waals surface area contributed by atoms with Crippen molar-refractivity contribution in [3.8, 4) is 0 Å². The van der Waals surface area contributed by atoms with E-state index in [0.29, 0.717) is 39.4 Å². The molecule has 0 spiro atoms. The third-order valence-electron chi connectivity index (χ3n) is 9.60. The smallest absolute Gasteiger partial charge is 0.223 e. The quantitative estimate of drug-likeness (QED) is 0.130. The second-order valence-corrected chi connectivity index (χ2v) is 12.9. The number of fused-ring (bicyclic) bond motifs is 1. The molecule has 1 amide bonds. The van der Waals surface area contributed by atoms with Gasteiger partial charge in [0.15, 0.2) is 0 Å². The van der Waals surface area contributed by atoms with Crippen LogP contribution in [-0.4, -0.2) is 47.8 Å². The summed E-state index contributed by atoms with van der Waals surface area (Å²) in [6.45, 7) is 1.86. The van der Waals surface area contributed by atoms with Crippen molar-refractivity contribution in [2.24, 2.45) is 0 Å². The van der Waals surface area contributed by atoms with Gasteiger partial charge >= 0.3 is 0 Å². The summed E-state index contributed by atoms with van der Waals surface area (Å²) in [5.74, 6) is 0.00550. The molecule has 2 aliphatic heterocycles. The van der Waals surface area contributed by atoms with Gasteiger partial charge in [0.25, 0.3) is 0 Å². The van der Waals surface area contributed by atoms with Gasteiger partial charge in [-0.2, -0.15) is 0 Å². The highest BCUT2D eigenvalue weighted by Gasteiger charge is 2.55. The number of rotatable bonds is 13. The van der Waals surface area contributed by atoms with Gasteiger partial charge < -0.3 is 23.8 Å². The Morgan fingerprint density at radius 2 is 0.857 bits per heavy atom. The first-order chi connectivity index (χ1) is 24.2. The Morgan fingerprint density at radius 3 is 1.33 bits per heavy atom. The Balaban J connectivity index is 1.30. The molecular formula is C43H43NO5. The van der Waals surface area contributed by atoms with Gasteiger partial charge in [0.05, 0.1) is 32.5 Å². The molecule has 7 rings (SSSR count). The number of benzene rings is 5. The van der Waals surface area contributed by atoms with Crippen LogP contribution in [0.2, 0.25) is 0 Å². The van der Waals surface area contributed by atoms with Gasteiger partial charge in [-0.3, -0.25) is 4.79 Å². The molecule has 2 fully saturated rings. The maximum Gasteiger partial charge on any atom is 0.223 e. The Kier molecular flexibility index (Phi) is 10.9. The van der Waals surface area contributed by atoms with Crippen LogP contribution in [0, 0.1) is 0 Å². The average molecular weight is 654 g/mol. The molecule has 0 bridgehead atoms. The first-order valence-electron chi connectivity index (χ1n) is 17.2. The number of nitrogens with zero attached hydrogens (tertiary/aromatic N) is 1. The van der Waals surface area contributed by atoms with E-state index < -0.39 is 24.4 Å². The highest BCUT2D eigenvalue weighted by Crippen LogP contribution is 2.42. The Labute approximate surface area is 289 Å². The van der Waals surface area contributed by atoms with E-state index in [1.807, 2.05) is 95.9 Å². The van der Waals surface area contributed by atoms with E-state index in [-0.39, 0.29) is 17.9 Å². The SMILES string of the molecule is O=C1C[C@@H](c2ccccc2)[C@@H]2[C@@H](OCc3ccccc3)[C@@H](OCc3ccccc3)[C@H](OCc3ccccc3)[C@H](OCc3ccccc3)CN12. The molecule has 0 saturated carbocycles. The minimum Gasteiger partial charge on any atom is -0.369 e. The summed E-state index contributed by atoms with van der Waals surface area (Å²) < 4.78 is 27.7. The predicted octanol–water partition coefficient (Wildman–Crippen LogP) is 7.73. The molecule has 250 valence electrons. The van der Waals surface area contributed by atoms with Crippen LogP contribution in [0.4, 0.5) is 0 Å². The summed E-state index contributed by atoms with van der Waals surface area (Å²) in [7, 11) is 0. The molecule has 5 aromatic carbocycles. The third kappa shape index (κ3) is 8.18. The minimum absolute atomic E-state index is 0.0834. The van der Waals surface area contributed by atoms with Crippen LogP contribution in [-0.2, 0) is 50.2 Å². The van der Waals surface area contributed by atoms with Crippen molar-refractivity contribution in [3.63, 3.8) is 0 Å². The van der Waals surface area contributed by atoms with Crippen LogP contribution in [0.1, 0.15) is 40.2 Å². The van der Waals surface area contributed by atoms with Crippen molar-refractivity contribution < 1.29 is 23.7 Å². The highest BCUT2D eigenvalue weighted by atomic mass is 16.6. The molecule has 0 aliphatic carbocycles. The molecule has 2 heterocycles. The van der Waals surface area contributed by atoms with Crippen molar-refractivity contribution in [2.75, 3.05) is 6.54 Å². The second-order valence-electron chi connectivity index (χ2n) is 12.9. The number of hydrogen-bond acceptors (Lipinski definition) is 5. The summed E-state index contributed by atoms with van der Waals surface area (Å²) in [5.41, 5.74) is 5.33. The zero-order valence-corrected chi connectivity index (χ0v) is 27.6. The van der Waals surface area contributed by atoms with Gasteiger partial charge in [0.2, 0.25) is 5.91 Å². The topological polar surface area (TPSA) is 57.2 Å². The van der Waals surface area contributed by atoms with E-state index in [0.717, 1.165) is 27.8 Å². The number of carbonyl (C=O) groups excluding carboxylic acids is 1. The standard InChI is InChI=1S/C43H43NO5/c45-39-26-37(36-24-14-5-15-25-36)40-42(48-30-34-20-10-3-11-21-34)43(49-31-35-22-12-4-13-23-35)41(47-29-33-18-8-2-9-19-33)38(27-44(39)40)46-28-32-16-6-1-7-17-32/h1-25,37-38,40-43H,26-31H2/t37-,38+,40+,41+,42+,43-/m0/s1. The normalized spacial score (nSPS) is 23.6. The van der Waals surface area contributed by atoms with Crippen LogP contribution in [0.25, 0.3) is 0 Å². The van der Waals surface area contributed by atoms with E-state index >= 15 is 0 Å². The van der Waals surface area contributed by atoms with Crippen LogP contribution in [0.5, 0.6) is 0 Å². The maximum absolute atomic E-state index is 14.1. The summed E-state index contributed by atoms with van der Waals surface area (Å²) in [5, 5.41) is 0. The minimum atomic E-state index is -0.555. The van der Waals surface area contributed by atoms with Crippen LogP contribution in [0.3, 0.4) is 0 Å². The highest BCUT2D eigenvalue weighted by molar-refractivity contribution is 5.81. The number of hydrogen-bond donors (Lipinski definition) is 0. The van der Waals surface area contributed by atoms with Gasteiger partial charge in [0.1, 0.15) is 24.4 Å². The van der Waals surface area contributed by atoms with Gasteiger partial charge in [0, 0.05) is 18.9 Å². The van der Waals surface area contributed by atoms with Crippen molar-refractivity contribution in [3.05, 3.63) is 179 Å². The molecule has 6 atom stereocenters. The lowest BCUT2D eigenvalue weighted by atomic mass is 9.86. The lowest BCUT2D eigenvalue weighted by Gasteiger charge is -2.38. The fourth-order valence-corrected chi connectivity index (χ4v) is 7.16. The van der Waals surface area contributed by atoms with Crippen molar-refractivity contribution in [1.82, 2.24) is 4.90 Å². The average Bonchev–Trinajstić information content (AvgIpc) is 3.42. The van der Waals surface area contributed by atoms with Crippen LogP contribution < -0.4 is 0 Å². The van der Waals surface area contributed by atoms with E-state index in [9.17, 15) is 4.79 Å². The van der Waals surface area contributed by atoms with E-state index in [1.54, 1.807) is 0 Å².